The second kappa shape index (κ2) is 8.26. The zero-order valence-electron chi connectivity index (χ0n) is 17.7. The molecule has 31 heavy (non-hydrogen) atoms. The topological polar surface area (TPSA) is 67.2 Å². The SMILES string of the molecule is CC(C)c1nn(CC(=O)N[C@H]2CCCN3CCC[C@@H]23)c(=O)c2ccc(C(F)(F)F)cc12. The molecule has 3 heterocycles. The Labute approximate surface area is 178 Å². The molecule has 0 radical (unpaired) electrons. The van der Waals surface area contributed by atoms with E-state index in [0.29, 0.717) is 11.7 Å². The summed E-state index contributed by atoms with van der Waals surface area (Å²) in [6.07, 6.45) is -0.400. The van der Waals surface area contributed by atoms with Crippen molar-refractivity contribution in [3.63, 3.8) is 0 Å². The molecule has 1 aromatic heterocycles. The van der Waals surface area contributed by atoms with Gasteiger partial charge in [-0.05, 0) is 62.9 Å². The number of nitrogens with zero attached hydrogens (tertiary/aromatic N) is 3. The molecule has 0 saturated carbocycles. The third-order valence-electron chi connectivity index (χ3n) is 6.34. The Balaban J connectivity index is 1.62. The lowest BCUT2D eigenvalue weighted by molar-refractivity contribution is -0.137. The maximum Gasteiger partial charge on any atom is 0.416 e. The summed E-state index contributed by atoms with van der Waals surface area (Å²) < 4.78 is 40.5. The van der Waals surface area contributed by atoms with Crippen LogP contribution in [0.1, 0.15) is 56.7 Å². The van der Waals surface area contributed by atoms with Crippen molar-refractivity contribution in [2.75, 3.05) is 13.1 Å². The van der Waals surface area contributed by atoms with Crippen LogP contribution in [0.5, 0.6) is 0 Å². The molecular weight excluding hydrogens is 409 g/mol. The highest BCUT2D eigenvalue weighted by Gasteiger charge is 2.35. The van der Waals surface area contributed by atoms with E-state index in [1.165, 1.54) is 6.07 Å². The number of benzene rings is 1. The summed E-state index contributed by atoms with van der Waals surface area (Å²) in [6, 6.07) is 3.44. The predicted molar refractivity (Wildman–Crippen MR) is 111 cm³/mol. The van der Waals surface area contributed by atoms with Crippen molar-refractivity contribution in [1.82, 2.24) is 20.0 Å². The van der Waals surface area contributed by atoms with Gasteiger partial charge in [0, 0.05) is 17.5 Å². The molecule has 0 spiro atoms. The molecule has 4 rings (SSSR count). The maximum atomic E-state index is 13.2. The largest absolute Gasteiger partial charge is 0.416 e. The third kappa shape index (κ3) is 4.33. The van der Waals surface area contributed by atoms with Crippen LogP contribution in [0, 0.1) is 0 Å². The molecule has 2 atom stereocenters. The van der Waals surface area contributed by atoms with Crippen LogP contribution in [0.2, 0.25) is 0 Å². The number of hydrogen-bond acceptors (Lipinski definition) is 4. The summed E-state index contributed by atoms with van der Waals surface area (Å²) >= 11 is 0. The quantitative estimate of drug-likeness (QED) is 0.799. The van der Waals surface area contributed by atoms with E-state index in [0.717, 1.165) is 55.6 Å². The van der Waals surface area contributed by atoms with Crippen LogP contribution in [0.15, 0.2) is 23.0 Å². The van der Waals surface area contributed by atoms with Crippen LogP contribution in [0.4, 0.5) is 13.2 Å². The number of amides is 1. The lowest BCUT2D eigenvalue weighted by Crippen LogP contribution is -2.53. The lowest BCUT2D eigenvalue weighted by atomic mass is 9.96. The molecule has 2 aromatic rings. The van der Waals surface area contributed by atoms with E-state index in [2.05, 4.69) is 15.3 Å². The normalized spacial score (nSPS) is 22.1. The van der Waals surface area contributed by atoms with Crippen molar-refractivity contribution >= 4 is 16.7 Å². The standard InChI is InChI=1S/C22H27F3N4O2/c1-13(2)20-16-11-14(22(23,24)25)7-8-15(16)21(31)29(27-20)12-19(30)26-17-5-3-9-28-10-4-6-18(17)28/h7-8,11,13,17-18H,3-6,9-10,12H2,1-2H3,(H,26,30)/t17-,18-/m0/s1. The number of piperidine rings is 1. The minimum absolute atomic E-state index is 0.0545. The van der Waals surface area contributed by atoms with Crippen LogP contribution in [0.25, 0.3) is 10.8 Å². The van der Waals surface area contributed by atoms with Crippen molar-refractivity contribution in [2.45, 2.75) is 70.3 Å². The van der Waals surface area contributed by atoms with Gasteiger partial charge >= 0.3 is 6.18 Å². The van der Waals surface area contributed by atoms with Gasteiger partial charge in [0.25, 0.3) is 5.56 Å². The zero-order valence-corrected chi connectivity index (χ0v) is 17.7. The molecule has 2 aliphatic heterocycles. The first-order valence-corrected chi connectivity index (χ1v) is 10.8. The van der Waals surface area contributed by atoms with Crippen molar-refractivity contribution in [2.24, 2.45) is 0 Å². The fourth-order valence-electron chi connectivity index (χ4n) is 4.87. The van der Waals surface area contributed by atoms with Gasteiger partial charge in [0.2, 0.25) is 5.91 Å². The zero-order chi connectivity index (χ0) is 22.3. The monoisotopic (exact) mass is 436 g/mol. The molecule has 6 nitrogen and oxygen atoms in total. The summed E-state index contributed by atoms with van der Waals surface area (Å²) in [4.78, 5) is 28.1. The number of fused-ring (bicyclic) bond motifs is 2. The van der Waals surface area contributed by atoms with E-state index < -0.39 is 17.3 Å². The number of aromatic nitrogens is 2. The Morgan fingerprint density at radius 3 is 2.58 bits per heavy atom. The van der Waals surface area contributed by atoms with Gasteiger partial charge in [-0.15, -0.1) is 0 Å². The number of carbonyl (C=O) groups is 1. The highest BCUT2D eigenvalue weighted by Crippen LogP contribution is 2.32. The second-order valence-corrected chi connectivity index (χ2v) is 8.82. The van der Waals surface area contributed by atoms with Crippen LogP contribution >= 0.6 is 0 Å². The number of alkyl halides is 3. The molecule has 168 valence electrons. The first-order valence-electron chi connectivity index (χ1n) is 10.8. The van der Waals surface area contributed by atoms with Crippen molar-refractivity contribution < 1.29 is 18.0 Å². The smallest absolute Gasteiger partial charge is 0.350 e. The molecule has 1 amide bonds. The fourth-order valence-corrected chi connectivity index (χ4v) is 4.87. The Morgan fingerprint density at radius 1 is 1.19 bits per heavy atom. The van der Waals surface area contributed by atoms with E-state index in [9.17, 15) is 22.8 Å². The average Bonchev–Trinajstić information content (AvgIpc) is 3.18. The fraction of sp³-hybridized carbons (Fsp3) is 0.591. The van der Waals surface area contributed by atoms with E-state index in [-0.39, 0.29) is 35.2 Å². The molecule has 1 aromatic carbocycles. The Kier molecular flexibility index (Phi) is 5.81. The van der Waals surface area contributed by atoms with Crippen LogP contribution in [0.3, 0.4) is 0 Å². The molecule has 9 heteroatoms. The first kappa shape index (κ1) is 21.8. The first-order chi connectivity index (χ1) is 14.6. The predicted octanol–water partition coefficient (Wildman–Crippen LogP) is 3.28. The number of halogens is 3. The van der Waals surface area contributed by atoms with E-state index in [1.807, 2.05) is 0 Å². The summed E-state index contributed by atoms with van der Waals surface area (Å²) in [7, 11) is 0. The van der Waals surface area contributed by atoms with Gasteiger partial charge in [0.15, 0.2) is 0 Å². The number of rotatable bonds is 4. The van der Waals surface area contributed by atoms with Gasteiger partial charge < -0.3 is 5.32 Å². The molecule has 0 unspecified atom stereocenters. The Morgan fingerprint density at radius 2 is 1.90 bits per heavy atom. The van der Waals surface area contributed by atoms with Crippen LogP contribution in [-0.2, 0) is 17.5 Å². The van der Waals surface area contributed by atoms with Gasteiger partial charge in [-0.25, -0.2) is 4.68 Å². The van der Waals surface area contributed by atoms with Crippen LogP contribution < -0.4 is 10.9 Å². The minimum Gasteiger partial charge on any atom is -0.350 e. The molecule has 2 fully saturated rings. The van der Waals surface area contributed by atoms with E-state index in [1.54, 1.807) is 13.8 Å². The summed E-state index contributed by atoms with van der Waals surface area (Å²) in [5.41, 5.74) is -1.01. The second-order valence-electron chi connectivity index (χ2n) is 8.82. The number of carbonyl (C=O) groups excluding carboxylic acids is 1. The van der Waals surface area contributed by atoms with Gasteiger partial charge in [0.05, 0.1) is 16.6 Å². The molecule has 1 N–H and O–H groups in total. The number of hydrogen-bond donors (Lipinski definition) is 1. The molecule has 0 bridgehead atoms. The summed E-state index contributed by atoms with van der Waals surface area (Å²) in [5, 5.41) is 7.67. The van der Waals surface area contributed by atoms with Crippen molar-refractivity contribution in [1.29, 1.82) is 0 Å². The lowest BCUT2D eigenvalue weighted by Gasteiger charge is -2.37. The number of nitrogens with one attached hydrogen (secondary N) is 1. The van der Waals surface area contributed by atoms with Gasteiger partial charge in [-0.1, -0.05) is 13.8 Å². The Hall–Kier alpha value is -2.42. The summed E-state index contributed by atoms with van der Waals surface area (Å²) in [6.45, 7) is 5.46. The van der Waals surface area contributed by atoms with Gasteiger partial charge in [-0.3, -0.25) is 14.5 Å². The molecule has 2 saturated heterocycles. The average molecular weight is 436 g/mol. The molecular formula is C22H27F3N4O2. The maximum absolute atomic E-state index is 13.2. The Bertz CT molecular complexity index is 1050. The molecule has 2 aliphatic rings. The van der Waals surface area contributed by atoms with Gasteiger partial charge in [-0.2, -0.15) is 18.3 Å². The van der Waals surface area contributed by atoms with E-state index in [4.69, 9.17) is 0 Å². The third-order valence-corrected chi connectivity index (χ3v) is 6.34. The van der Waals surface area contributed by atoms with Crippen molar-refractivity contribution in [3.8, 4) is 0 Å². The van der Waals surface area contributed by atoms with Crippen molar-refractivity contribution in [3.05, 3.63) is 39.8 Å². The minimum atomic E-state index is -4.51. The van der Waals surface area contributed by atoms with E-state index >= 15 is 0 Å². The van der Waals surface area contributed by atoms with Gasteiger partial charge in [0.1, 0.15) is 6.54 Å². The highest BCUT2D eigenvalue weighted by molar-refractivity contribution is 5.85. The summed E-state index contributed by atoms with van der Waals surface area (Å²) in [5.74, 6) is -0.513. The van der Waals surface area contributed by atoms with Crippen LogP contribution in [-0.4, -0.2) is 45.8 Å². The highest BCUT2D eigenvalue weighted by atomic mass is 19.4. The molecule has 0 aliphatic carbocycles.